The molecule has 0 radical (unpaired) electrons. The molecular weight excluding hydrogens is 310 g/mol. The number of benzene rings is 2. The number of phenolic OH excluding ortho intramolecular Hbond substituents is 1. The number of hydrazone groups is 1. The van der Waals surface area contributed by atoms with Crippen molar-refractivity contribution in [2.45, 2.75) is 0 Å². The molecule has 0 aliphatic heterocycles. The number of hydrogen-bond acceptors (Lipinski definition) is 5. The first-order valence-corrected chi connectivity index (χ1v) is 6.42. The van der Waals surface area contributed by atoms with Gasteiger partial charge in [-0.05, 0) is 24.3 Å². The van der Waals surface area contributed by atoms with E-state index in [1.165, 1.54) is 48.7 Å². The molecule has 0 aliphatic carbocycles. The van der Waals surface area contributed by atoms with Crippen LogP contribution in [0.25, 0.3) is 0 Å². The van der Waals surface area contributed by atoms with E-state index in [-0.39, 0.29) is 17.0 Å². The summed E-state index contributed by atoms with van der Waals surface area (Å²) in [6.07, 6.45) is 1.19. The van der Waals surface area contributed by atoms with Crippen molar-refractivity contribution in [3.63, 3.8) is 0 Å². The van der Waals surface area contributed by atoms with Gasteiger partial charge in [0.2, 0.25) is 0 Å². The second kappa shape index (κ2) is 6.68. The fourth-order valence-electron chi connectivity index (χ4n) is 1.67. The molecule has 0 aromatic heterocycles. The Balaban J connectivity index is 2.15. The van der Waals surface area contributed by atoms with Crippen LogP contribution in [-0.4, -0.2) is 22.2 Å². The van der Waals surface area contributed by atoms with E-state index in [0.29, 0.717) is 10.6 Å². The predicted octanol–water partition coefficient (Wildman–Crippen LogP) is 2.72. The number of carbonyl (C=O) groups is 1. The summed E-state index contributed by atoms with van der Waals surface area (Å²) in [7, 11) is 0. The Morgan fingerprint density at radius 2 is 2.05 bits per heavy atom. The second-order valence-electron chi connectivity index (χ2n) is 4.18. The average Bonchev–Trinajstić information content (AvgIpc) is 2.50. The summed E-state index contributed by atoms with van der Waals surface area (Å²) in [6.45, 7) is 0. The maximum absolute atomic E-state index is 11.9. The lowest BCUT2D eigenvalue weighted by Gasteiger charge is -2.02. The Labute approximate surface area is 130 Å². The zero-order valence-corrected chi connectivity index (χ0v) is 11.8. The number of nitro groups is 1. The summed E-state index contributed by atoms with van der Waals surface area (Å²) >= 11 is 5.77. The van der Waals surface area contributed by atoms with Crippen LogP contribution in [-0.2, 0) is 0 Å². The fourth-order valence-corrected chi connectivity index (χ4v) is 1.85. The first-order chi connectivity index (χ1) is 10.5. The lowest BCUT2D eigenvalue weighted by Crippen LogP contribution is -2.18. The molecule has 112 valence electrons. The monoisotopic (exact) mass is 319 g/mol. The van der Waals surface area contributed by atoms with Crippen LogP contribution < -0.4 is 5.43 Å². The van der Waals surface area contributed by atoms with Gasteiger partial charge in [0.15, 0.2) is 0 Å². The van der Waals surface area contributed by atoms with Gasteiger partial charge in [-0.1, -0.05) is 23.7 Å². The summed E-state index contributed by atoms with van der Waals surface area (Å²) in [4.78, 5) is 22.1. The van der Waals surface area contributed by atoms with Gasteiger partial charge in [-0.3, -0.25) is 14.9 Å². The van der Waals surface area contributed by atoms with E-state index < -0.39 is 10.8 Å². The Morgan fingerprint density at radius 3 is 2.77 bits per heavy atom. The summed E-state index contributed by atoms with van der Waals surface area (Å²) in [5.74, 6) is -0.793. The Bertz CT molecular complexity index is 762. The van der Waals surface area contributed by atoms with Crippen molar-refractivity contribution >= 4 is 29.4 Å². The third-order valence-electron chi connectivity index (χ3n) is 2.70. The van der Waals surface area contributed by atoms with Crippen molar-refractivity contribution in [3.8, 4) is 5.75 Å². The van der Waals surface area contributed by atoms with Gasteiger partial charge in [0, 0.05) is 16.7 Å². The molecule has 2 aromatic carbocycles. The third kappa shape index (κ3) is 3.58. The largest absolute Gasteiger partial charge is 0.507 e. The molecule has 22 heavy (non-hydrogen) atoms. The number of nitrogens with one attached hydrogen (secondary N) is 1. The normalized spacial score (nSPS) is 10.6. The number of hydrogen-bond donors (Lipinski definition) is 2. The molecule has 1 amide bonds. The molecule has 0 unspecified atom stereocenters. The van der Waals surface area contributed by atoms with Gasteiger partial charge in [-0.15, -0.1) is 0 Å². The van der Waals surface area contributed by atoms with Crippen molar-refractivity contribution in [1.29, 1.82) is 0 Å². The SMILES string of the molecule is O=C(N/N=C/c1cc(Cl)ccc1O)c1ccccc1[N+](=O)[O-]. The number of nitrogens with zero attached hydrogens (tertiary/aromatic N) is 2. The number of aromatic hydroxyl groups is 1. The third-order valence-corrected chi connectivity index (χ3v) is 2.94. The standard InChI is InChI=1S/C14H10ClN3O4/c15-10-5-6-13(19)9(7-10)8-16-17-14(20)11-3-1-2-4-12(11)18(21)22/h1-8,19H,(H,17,20)/b16-8+. The molecule has 0 atom stereocenters. The molecule has 8 heteroatoms. The summed E-state index contributed by atoms with van der Waals surface area (Å²) in [5, 5.41) is 24.5. The Hall–Kier alpha value is -2.93. The Kier molecular flexibility index (Phi) is 4.70. The van der Waals surface area contributed by atoms with Crippen LogP contribution in [0.2, 0.25) is 5.02 Å². The molecule has 0 spiro atoms. The number of phenols is 1. The predicted molar refractivity (Wildman–Crippen MR) is 81.3 cm³/mol. The van der Waals surface area contributed by atoms with Crippen molar-refractivity contribution in [2.75, 3.05) is 0 Å². The van der Waals surface area contributed by atoms with E-state index in [2.05, 4.69) is 10.5 Å². The first kappa shape index (κ1) is 15.5. The molecular formula is C14H10ClN3O4. The molecule has 2 aromatic rings. The maximum atomic E-state index is 11.9. The second-order valence-corrected chi connectivity index (χ2v) is 4.61. The number of rotatable bonds is 4. The van der Waals surface area contributed by atoms with E-state index in [1.807, 2.05) is 0 Å². The van der Waals surface area contributed by atoms with Gasteiger partial charge in [0.05, 0.1) is 11.1 Å². The highest BCUT2D eigenvalue weighted by Crippen LogP contribution is 2.20. The van der Waals surface area contributed by atoms with Gasteiger partial charge < -0.3 is 5.11 Å². The zero-order chi connectivity index (χ0) is 16.1. The molecule has 0 saturated carbocycles. The van der Waals surface area contributed by atoms with E-state index >= 15 is 0 Å². The molecule has 7 nitrogen and oxygen atoms in total. The van der Waals surface area contributed by atoms with Crippen LogP contribution in [0.3, 0.4) is 0 Å². The van der Waals surface area contributed by atoms with Crippen molar-refractivity contribution < 1.29 is 14.8 Å². The quantitative estimate of drug-likeness (QED) is 0.513. The van der Waals surface area contributed by atoms with Gasteiger partial charge in [-0.2, -0.15) is 5.10 Å². The molecule has 0 bridgehead atoms. The van der Waals surface area contributed by atoms with Crippen molar-refractivity contribution in [2.24, 2.45) is 5.10 Å². The highest BCUT2D eigenvalue weighted by molar-refractivity contribution is 6.30. The maximum Gasteiger partial charge on any atom is 0.282 e. The van der Waals surface area contributed by atoms with Crippen LogP contribution in [0.1, 0.15) is 15.9 Å². The summed E-state index contributed by atoms with van der Waals surface area (Å²) in [6, 6.07) is 9.85. The number of halogens is 1. The van der Waals surface area contributed by atoms with Crippen LogP contribution in [0.15, 0.2) is 47.6 Å². The molecule has 0 heterocycles. The number of carbonyl (C=O) groups excluding carboxylic acids is 1. The molecule has 2 rings (SSSR count). The summed E-state index contributed by atoms with van der Waals surface area (Å²) in [5.41, 5.74) is 2.03. The van der Waals surface area contributed by atoms with E-state index in [9.17, 15) is 20.0 Å². The zero-order valence-electron chi connectivity index (χ0n) is 11.1. The molecule has 0 aliphatic rings. The number of nitro benzene ring substituents is 1. The highest BCUT2D eigenvalue weighted by Gasteiger charge is 2.18. The minimum absolute atomic E-state index is 0.0620. The van der Waals surface area contributed by atoms with Crippen LogP contribution in [0.5, 0.6) is 5.75 Å². The van der Waals surface area contributed by atoms with Crippen molar-refractivity contribution in [1.82, 2.24) is 5.43 Å². The van der Waals surface area contributed by atoms with E-state index in [0.717, 1.165) is 0 Å². The van der Waals surface area contributed by atoms with Gasteiger partial charge >= 0.3 is 0 Å². The minimum Gasteiger partial charge on any atom is -0.507 e. The topological polar surface area (TPSA) is 105 Å². The Morgan fingerprint density at radius 1 is 1.32 bits per heavy atom. The lowest BCUT2D eigenvalue weighted by atomic mass is 10.2. The number of amides is 1. The minimum atomic E-state index is -0.731. The fraction of sp³-hybridized carbons (Fsp3) is 0. The smallest absolute Gasteiger partial charge is 0.282 e. The molecule has 0 saturated heterocycles. The van der Waals surface area contributed by atoms with Crippen LogP contribution >= 0.6 is 11.6 Å². The average molecular weight is 320 g/mol. The van der Waals surface area contributed by atoms with Gasteiger partial charge in [0.1, 0.15) is 11.3 Å². The molecule has 0 fully saturated rings. The van der Waals surface area contributed by atoms with Crippen molar-refractivity contribution in [3.05, 3.63) is 68.7 Å². The van der Waals surface area contributed by atoms with E-state index in [4.69, 9.17) is 11.6 Å². The van der Waals surface area contributed by atoms with Crippen LogP contribution in [0.4, 0.5) is 5.69 Å². The van der Waals surface area contributed by atoms with Gasteiger partial charge in [-0.25, -0.2) is 5.43 Å². The lowest BCUT2D eigenvalue weighted by molar-refractivity contribution is -0.385. The first-order valence-electron chi connectivity index (χ1n) is 6.04. The van der Waals surface area contributed by atoms with Gasteiger partial charge in [0.25, 0.3) is 11.6 Å². The highest BCUT2D eigenvalue weighted by atomic mass is 35.5. The molecule has 2 N–H and O–H groups in total. The number of para-hydroxylation sites is 1. The van der Waals surface area contributed by atoms with Crippen LogP contribution in [0, 0.1) is 10.1 Å². The summed E-state index contributed by atoms with van der Waals surface area (Å²) < 4.78 is 0. The van der Waals surface area contributed by atoms with E-state index in [1.54, 1.807) is 0 Å².